The molecule has 8 nitrogen and oxygen atoms in total. The maximum atomic E-state index is 12.8. The fourth-order valence-electron chi connectivity index (χ4n) is 3.25. The van der Waals surface area contributed by atoms with E-state index in [0.717, 1.165) is 10.6 Å². The second-order valence-electron chi connectivity index (χ2n) is 7.36. The Kier molecular flexibility index (Phi) is 6.32. The van der Waals surface area contributed by atoms with E-state index >= 15 is 0 Å². The molecule has 34 heavy (non-hydrogen) atoms. The topological polar surface area (TPSA) is 102 Å². The number of carbonyl (C=O) groups is 2. The number of anilines is 1. The molecule has 1 N–H and O–H groups in total. The Morgan fingerprint density at radius 1 is 1.00 bits per heavy atom. The molecule has 10 heteroatoms. The average Bonchev–Trinajstić information content (AvgIpc) is 3.09. The molecule has 2 amide bonds. The molecule has 0 aromatic heterocycles. The number of nitrogens with zero attached hydrogens (tertiary/aromatic N) is 1. The molecule has 0 saturated carbocycles. The van der Waals surface area contributed by atoms with E-state index in [4.69, 9.17) is 20.5 Å². The van der Waals surface area contributed by atoms with Crippen molar-refractivity contribution in [2.45, 2.75) is 11.8 Å². The van der Waals surface area contributed by atoms with E-state index in [0.29, 0.717) is 11.3 Å². The molecular weight excluding hydrogens is 480 g/mol. The van der Waals surface area contributed by atoms with Crippen molar-refractivity contribution in [2.75, 3.05) is 12.1 Å². The fourth-order valence-corrected chi connectivity index (χ4v) is 4.51. The van der Waals surface area contributed by atoms with Crippen molar-refractivity contribution in [1.82, 2.24) is 5.43 Å². The lowest BCUT2D eigenvalue weighted by Crippen LogP contribution is -2.35. The van der Waals surface area contributed by atoms with Crippen molar-refractivity contribution in [3.8, 4) is 11.5 Å². The molecule has 0 unspecified atom stereocenters. The van der Waals surface area contributed by atoms with Crippen molar-refractivity contribution in [2.24, 2.45) is 0 Å². The molecule has 1 heterocycles. The summed E-state index contributed by atoms with van der Waals surface area (Å²) in [4.78, 5) is 25.2. The van der Waals surface area contributed by atoms with Crippen LogP contribution in [0.25, 0.3) is 6.08 Å². The first kappa shape index (κ1) is 23.3. The molecule has 1 saturated heterocycles. The Morgan fingerprint density at radius 2 is 1.68 bits per heavy atom. The molecule has 0 atom stereocenters. The van der Waals surface area contributed by atoms with Gasteiger partial charge in [-0.3, -0.25) is 15.0 Å². The first-order chi connectivity index (χ1) is 16.2. The van der Waals surface area contributed by atoms with Crippen LogP contribution in [0.3, 0.4) is 0 Å². The predicted octanol–water partition coefficient (Wildman–Crippen LogP) is 3.89. The maximum absolute atomic E-state index is 12.8. The third-order valence-corrected chi connectivity index (χ3v) is 6.49. The number of hydrazine groups is 1. The lowest BCUT2D eigenvalue weighted by molar-refractivity contribution is -0.117. The second-order valence-corrected chi connectivity index (χ2v) is 9.31. The van der Waals surface area contributed by atoms with Gasteiger partial charge in [-0.1, -0.05) is 47.5 Å². The fraction of sp³-hybridized carbons (Fsp3) is 0.0833. The van der Waals surface area contributed by atoms with Crippen LogP contribution >= 0.6 is 11.6 Å². The molecule has 0 spiro atoms. The van der Waals surface area contributed by atoms with E-state index in [1.165, 1.54) is 37.5 Å². The molecule has 174 valence electrons. The van der Waals surface area contributed by atoms with Gasteiger partial charge >= 0.3 is 10.1 Å². The van der Waals surface area contributed by atoms with Crippen LogP contribution in [0.1, 0.15) is 11.1 Å². The van der Waals surface area contributed by atoms with Crippen LogP contribution in [-0.4, -0.2) is 27.3 Å². The number of aryl methyl sites for hydroxylation is 1. The van der Waals surface area contributed by atoms with Crippen molar-refractivity contribution in [1.29, 1.82) is 0 Å². The molecule has 0 radical (unpaired) electrons. The Hall–Kier alpha value is -3.82. The molecular formula is C24H19ClN2O6S. The monoisotopic (exact) mass is 498 g/mol. The highest BCUT2D eigenvalue weighted by Crippen LogP contribution is 2.39. The molecule has 0 aliphatic carbocycles. The summed E-state index contributed by atoms with van der Waals surface area (Å²) in [5, 5.41) is 1.06. The summed E-state index contributed by atoms with van der Waals surface area (Å²) in [6.07, 6.45) is 1.34. The van der Waals surface area contributed by atoms with Gasteiger partial charge < -0.3 is 8.92 Å². The van der Waals surface area contributed by atoms with Crippen LogP contribution in [0.4, 0.5) is 5.69 Å². The Labute approximate surface area is 201 Å². The van der Waals surface area contributed by atoms with Gasteiger partial charge in [0, 0.05) is 0 Å². The predicted molar refractivity (Wildman–Crippen MR) is 127 cm³/mol. The number of hydrogen-bond acceptors (Lipinski definition) is 6. The van der Waals surface area contributed by atoms with Crippen molar-refractivity contribution in [3.05, 3.63) is 88.5 Å². The summed E-state index contributed by atoms with van der Waals surface area (Å²) in [5.74, 6) is -1.33. The third kappa shape index (κ3) is 4.61. The number of ether oxygens (including phenoxy) is 1. The molecule has 3 aromatic carbocycles. The standard InChI is InChI=1S/C24H19ClN2O6S/c1-15-8-10-18(11-9-15)34(30,31)33-22-20(25)13-16(14-21(22)32-2)12-19-23(28)26-27(24(19)29)17-6-4-3-5-7-17/h3-14H,1-2H3,(H,26,28). The van der Waals surface area contributed by atoms with Crippen molar-refractivity contribution < 1.29 is 26.9 Å². The summed E-state index contributed by atoms with van der Waals surface area (Å²) in [6, 6.07) is 17.6. The normalized spacial score (nSPS) is 14.9. The summed E-state index contributed by atoms with van der Waals surface area (Å²) in [5.41, 5.74) is 4.12. The zero-order valence-electron chi connectivity index (χ0n) is 18.1. The van der Waals surface area contributed by atoms with Gasteiger partial charge in [-0.05, 0) is 55.0 Å². The van der Waals surface area contributed by atoms with E-state index in [-0.39, 0.29) is 27.0 Å². The minimum absolute atomic E-state index is 0.0146. The van der Waals surface area contributed by atoms with E-state index in [2.05, 4.69) is 5.43 Å². The van der Waals surface area contributed by atoms with Gasteiger partial charge in [0.1, 0.15) is 10.5 Å². The second kappa shape index (κ2) is 9.20. The van der Waals surface area contributed by atoms with E-state index in [1.807, 2.05) is 6.92 Å². The molecule has 4 rings (SSSR count). The van der Waals surface area contributed by atoms with Crippen molar-refractivity contribution >= 4 is 45.3 Å². The van der Waals surface area contributed by atoms with Crippen LogP contribution in [0.5, 0.6) is 11.5 Å². The van der Waals surface area contributed by atoms with Crippen LogP contribution in [0, 0.1) is 6.92 Å². The van der Waals surface area contributed by atoms with Gasteiger partial charge in [0.25, 0.3) is 11.8 Å². The molecule has 0 bridgehead atoms. The number of carbonyl (C=O) groups excluding carboxylic acids is 2. The van der Waals surface area contributed by atoms with Crippen LogP contribution in [0.2, 0.25) is 5.02 Å². The number of methoxy groups -OCH3 is 1. The number of benzene rings is 3. The summed E-state index contributed by atoms with van der Waals surface area (Å²) in [7, 11) is -2.86. The lowest BCUT2D eigenvalue weighted by Gasteiger charge is -2.14. The summed E-state index contributed by atoms with van der Waals surface area (Å²) in [6.45, 7) is 1.83. The summed E-state index contributed by atoms with van der Waals surface area (Å²) >= 11 is 6.32. The highest BCUT2D eigenvalue weighted by atomic mass is 35.5. The van der Waals surface area contributed by atoms with Gasteiger partial charge in [0.05, 0.1) is 17.8 Å². The number of amides is 2. The van der Waals surface area contributed by atoms with Crippen molar-refractivity contribution in [3.63, 3.8) is 0 Å². The van der Waals surface area contributed by atoms with Crippen LogP contribution < -0.4 is 19.4 Å². The van der Waals surface area contributed by atoms with E-state index < -0.39 is 21.9 Å². The number of rotatable bonds is 6. The Morgan fingerprint density at radius 3 is 2.32 bits per heavy atom. The van der Waals surface area contributed by atoms with Crippen LogP contribution in [-0.2, 0) is 19.7 Å². The minimum Gasteiger partial charge on any atom is -0.493 e. The van der Waals surface area contributed by atoms with Gasteiger partial charge in [0.2, 0.25) is 5.75 Å². The highest BCUT2D eigenvalue weighted by Gasteiger charge is 2.34. The Bertz CT molecular complexity index is 1400. The minimum atomic E-state index is -4.18. The van der Waals surface area contributed by atoms with Gasteiger partial charge in [-0.15, -0.1) is 0 Å². The zero-order valence-corrected chi connectivity index (χ0v) is 19.7. The third-order valence-electron chi connectivity index (χ3n) is 4.97. The molecule has 1 aliphatic rings. The SMILES string of the molecule is COc1cc(C=C2C(=O)NN(c3ccccc3)C2=O)cc(Cl)c1OS(=O)(=O)c1ccc(C)cc1. The summed E-state index contributed by atoms with van der Waals surface area (Å²) < 4.78 is 35.9. The number of para-hydroxylation sites is 1. The molecule has 1 fully saturated rings. The largest absolute Gasteiger partial charge is 0.493 e. The zero-order chi connectivity index (χ0) is 24.5. The average molecular weight is 499 g/mol. The van der Waals surface area contributed by atoms with Crippen LogP contribution in [0.15, 0.2) is 77.2 Å². The lowest BCUT2D eigenvalue weighted by atomic mass is 10.1. The highest BCUT2D eigenvalue weighted by molar-refractivity contribution is 7.87. The van der Waals surface area contributed by atoms with Gasteiger partial charge in [-0.2, -0.15) is 8.42 Å². The van der Waals surface area contributed by atoms with Gasteiger partial charge in [0.15, 0.2) is 5.75 Å². The number of halogens is 1. The van der Waals surface area contributed by atoms with E-state index in [1.54, 1.807) is 42.5 Å². The van der Waals surface area contributed by atoms with E-state index in [9.17, 15) is 18.0 Å². The quantitative estimate of drug-likeness (QED) is 0.314. The smallest absolute Gasteiger partial charge is 0.339 e. The number of nitrogens with one attached hydrogen (secondary N) is 1. The van der Waals surface area contributed by atoms with Gasteiger partial charge in [-0.25, -0.2) is 5.01 Å². The first-order valence-electron chi connectivity index (χ1n) is 10.0. The molecule has 1 aliphatic heterocycles. The molecule has 3 aromatic rings. The first-order valence-corrected chi connectivity index (χ1v) is 11.8. The maximum Gasteiger partial charge on any atom is 0.339 e. The number of hydrogen-bond donors (Lipinski definition) is 1. The Balaban J connectivity index is 1.66.